The fourth-order valence-electron chi connectivity index (χ4n) is 1.86. The minimum Gasteiger partial charge on any atom is -0.481 e. The van der Waals surface area contributed by atoms with Crippen molar-refractivity contribution >= 4 is 5.97 Å². The SMILES string of the molecule is CCC(C)CC1CCC1C(=O)O. The third-order valence-electron chi connectivity index (χ3n) is 3.14. The van der Waals surface area contributed by atoms with E-state index in [9.17, 15) is 4.79 Å². The summed E-state index contributed by atoms with van der Waals surface area (Å²) in [5.41, 5.74) is 0. The quantitative estimate of drug-likeness (QED) is 0.704. The monoisotopic (exact) mass is 170 g/mol. The summed E-state index contributed by atoms with van der Waals surface area (Å²) in [5.74, 6) is 0.545. The first-order valence-electron chi connectivity index (χ1n) is 4.88. The van der Waals surface area contributed by atoms with Crippen LogP contribution >= 0.6 is 0 Å². The molecule has 3 atom stereocenters. The lowest BCUT2D eigenvalue weighted by Crippen LogP contribution is -2.33. The van der Waals surface area contributed by atoms with Gasteiger partial charge in [-0.1, -0.05) is 20.3 Å². The van der Waals surface area contributed by atoms with E-state index in [4.69, 9.17) is 5.11 Å². The van der Waals surface area contributed by atoms with Gasteiger partial charge in [0.05, 0.1) is 5.92 Å². The van der Waals surface area contributed by atoms with Crippen molar-refractivity contribution in [2.75, 3.05) is 0 Å². The van der Waals surface area contributed by atoms with Gasteiger partial charge in [-0.2, -0.15) is 0 Å². The number of carboxylic acid groups (broad SMARTS) is 1. The zero-order valence-corrected chi connectivity index (χ0v) is 7.92. The minimum atomic E-state index is -0.588. The first-order valence-corrected chi connectivity index (χ1v) is 4.88. The van der Waals surface area contributed by atoms with Gasteiger partial charge in [0.2, 0.25) is 0 Å². The summed E-state index contributed by atoms with van der Waals surface area (Å²) in [6.07, 6.45) is 4.30. The smallest absolute Gasteiger partial charge is 0.306 e. The summed E-state index contributed by atoms with van der Waals surface area (Å²) in [6.45, 7) is 4.37. The molecular weight excluding hydrogens is 152 g/mol. The maximum absolute atomic E-state index is 10.7. The molecule has 0 aromatic rings. The van der Waals surface area contributed by atoms with Crippen LogP contribution in [0.2, 0.25) is 0 Å². The fraction of sp³-hybridized carbons (Fsp3) is 0.900. The number of hydrogen-bond acceptors (Lipinski definition) is 1. The fourth-order valence-corrected chi connectivity index (χ4v) is 1.86. The Bertz CT molecular complexity index is 165. The molecule has 0 aromatic heterocycles. The van der Waals surface area contributed by atoms with Crippen molar-refractivity contribution in [1.82, 2.24) is 0 Å². The molecule has 70 valence electrons. The number of rotatable bonds is 4. The van der Waals surface area contributed by atoms with Crippen LogP contribution in [0.4, 0.5) is 0 Å². The molecule has 0 aliphatic heterocycles. The van der Waals surface area contributed by atoms with Crippen LogP contribution in [-0.4, -0.2) is 11.1 Å². The van der Waals surface area contributed by atoms with Crippen LogP contribution in [0.15, 0.2) is 0 Å². The largest absolute Gasteiger partial charge is 0.481 e. The molecule has 1 aliphatic carbocycles. The second-order valence-corrected chi connectivity index (χ2v) is 4.03. The van der Waals surface area contributed by atoms with E-state index in [2.05, 4.69) is 13.8 Å². The maximum Gasteiger partial charge on any atom is 0.306 e. The predicted octanol–water partition coefficient (Wildman–Crippen LogP) is 2.53. The summed E-state index contributed by atoms with van der Waals surface area (Å²) < 4.78 is 0. The van der Waals surface area contributed by atoms with Crippen molar-refractivity contribution in [2.45, 2.75) is 39.5 Å². The number of carboxylic acids is 1. The molecule has 0 radical (unpaired) electrons. The Morgan fingerprint density at radius 1 is 1.58 bits per heavy atom. The van der Waals surface area contributed by atoms with Gasteiger partial charge >= 0.3 is 5.97 Å². The molecule has 0 heterocycles. The summed E-state index contributed by atoms with van der Waals surface area (Å²) in [4.78, 5) is 10.7. The normalized spacial score (nSPS) is 30.8. The Morgan fingerprint density at radius 3 is 2.58 bits per heavy atom. The van der Waals surface area contributed by atoms with Crippen molar-refractivity contribution in [2.24, 2.45) is 17.8 Å². The molecule has 0 bridgehead atoms. The van der Waals surface area contributed by atoms with Gasteiger partial charge in [-0.25, -0.2) is 0 Å². The van der Waals surface area contributed by atoms with E-state index < -0.39 is 5.97 Å². The Kier molecular flexibility index (Phi) is 3.12. The maximum atomic E-state index is 10.7. The number of carbonyl (C=O) groups is 1. The second kappa shape index (κ2) is 3.92. The Balaban J connectivity index is 2.29. The molecule has 3 unspecified atom stereocenters. The highest BCUT2D eigenvalue weighted by Gasteiger charge is 2.36. The lowest BCUT2D eigenvalue weighted by Gasteiger charge is -2.34. The summed E-state index contributed by atoms with van der Waals surface area (Å²) in [5, 5.41) is 8.79. The van der Waals surface area contributed by atoms with Crippen LogP contribution in [0.25, 0.3) is 0 Å². The third kappa shape index (κ3) is 1.99. The van der Waals surface area contributed by atoms with Crippen LogP contribution in [0, 0.1) is 17.8 Å². The molecule has 1 rings (SSSR count). The van der Waals surface area contributed by atoms with Gasteiger partial charge in [-0.3, -0.25) is 4.79 Å². The van der Waals surface area contributed by atoms with Gasteiger partial charge in [-0.05, 0) is 31.1 Å². The lowest BCUT2D eigenvalue weighted by molar-refractivity contribution is -0.148. The zero-order valence-electron chi connectivity index (χ0n) is 7.92. The first kappa shape index (κ1) is 9.56. The lowest BCUT2D eigenvalue weighted by atomic mass is 9.69. The summed E-state index contributed by atoms with van der Waals surface area (Å²) in [6, 6.07) is 0. The molecule has 0 spiro atoms. The van der Waals surface area contributed by atoms with Crippen LogP contribution in [0.5, 0.6) is 0 Å². The average molecular weight is 170 g/mol. The Labute approximate surface area is 74.0 Å². The third-order valence-corrected chi connectivity index (χ3v) is 3.14. The van der Waals surface area contributed by atoms with E-state index in [1.54, 1.807) is 0 Å². The molecular formula is C10H18O2. The number of hydrogen-bond donors (Lipinski definition) is 1. The first-order chi connectivity index (χ1) is 5.65. The van der Waals surface area contributed by atoms with Gasteiger partial charge in [0.25, 0.3) is 0 Å². The molecule has 1 aliphatic rings. The van der Waals surface area contributed by atoms with E-state index in [1.165, 1.54) is 6.42 Å². The molecule has 1 saturated carbocycles. The van der Waals surface area contributed by atoms with Gasteiger partial charge in [0, 0.05) is 0 Å². The molecule has 0 saturated heterocycles. The molecule has 0 amide bonds. The van der Waals surface area contributed by atoms with Crippen molar-refractivity contribution < 1.29 is 9.90 Å². The van der Waals surface area contributed by atoms with Crippen molar-refractivity contribution in [1.29, 1.82) is 0 Å². The highest BCUT2D eigenvalue weighted by molar-refractivity contribution is 5.71. The van der Waals surface area contributed by atoms with Gasteiger partial charge in [0.15, 0.2) is 0 Å². The van der Waals surface area contributed by atoms with Crippen LogP contribution in [-0.2, 0) is 4.79 Å². The Morgan fingerprint density at radius 2 is 2.25 bits per heavy atom. The zero-order chi connectivity index (χ0) is 9.14. The van der Waals surface area contributed by atoms with E-state index in [0.717, 1.165) is 19.3 Å². The minimum absolute atomic E-state index is 0.0287. The highest BCUT2D eigenvalue weighted by Crippen LogP contribution is 2.39. The second-order valence-electron chi connectivity index (χ2n) is 4.03. The van der Waals surface area contributed by atoms with Crippen molar-refractivity contribution in [3.63, 3.8) is 0 Å². The molecule has 1 fully saturated rings. The molecule has 2 heteroatoms. The van der Waals surface area contributed by atoms with Crippen LogP contribution in [0.3, 0.4) is 0 Å². The van der Waals surface area contributed by atoms with E-state index in [1.807, 2.05) is 0 Å². The highest BCUT2D eigenvalue weighted by atomic mass is 16.4. The van der Waals surface area contributed by atoms with Crippen molar-refractivity contribution in [3.05, 3.63) is 0 Å². The Hall–Kier alpha value is -0.530. The van der Waals surface area contributed by atoms with Crippen LogP contribution < -0.4 is 0 Å². The van der Waals surface area contributed by atoms with E-state index in [-0.39, 0.29) is 5.92 Å². The standard InChI is InChI=1S/C10H18O2/c1-3-7(2)6-8-4-5-9(8)10(11)12/h7-9H,3-6H2,1-2H3,(H,11,12). The molecule has 0 aromatic carbocycles. The molecule has 1 N–H and O–H groups in total. The average Bonchev–Trinajstić information content (AvgIpc) is 1.96. The topological polar surface area (TPSA) is 37.3 Å². The summed E-state index contributed by atoms with van der Waals surface area (Å²) >= 11 is 0. The van der Waals surface area contributed by atoms with Crippen LogP contribution in [0.1, 0.15) is 39.5 Å². The molecule has 2 nitrogen and oxygen atoms in total. The van der Waals surface area contributed by atoms with Gasteiger partial charge in [-0.15, -0.1) is 0 Å². The summed E-state index contributed by atoms with van der Waals surface area (Å²) in [7, 11) is 0. The van der Waals surface area contributed by atoms with Gasteiger partial charge < -0.3 is 5.11 Å². The van der Waals surface area contributed by atoms with Gasteiger partial charge in [0.1, 0.15) is 0 Å². The predicted molar refractivity (Wildman–Crippen MR) is 47.9 cm³/mol. The molecule has 12 heavy (non-hydrogen) atoms. The number of aliphatic carboxylic acids is 1. The van der Waals surface area contributed by atoms with E-state index in [0.29, 0.717) is 11.8 Å². The van der Waals surface area contributed by atoms with E-state index >= 15 is 0 Å². The van der Waals surface area contributed by atoms with Crippen molar-refractivity contribution in [3.8, 4) is 0 Å².